The number of fused-ring (bicyclic) bond motifs is 1. The molecule has 1 atom stereocenters. The Bertz CT molecular complexity index is 721. The zero-order chi connectivity index (χ0) is 14.4. The molecule has 2 aromatic carbocycles. The lowest BCUT2D eigenvalue weighted by Gasteiger charge is -2.32. The summed E-state index contributed by atoms with van der Waals surface area (Å²) in [6.07, 6.45) is 3.49. The van der Waals surface area contributed by atoms with Gasteiger partial charge in [0, 0.05) is 16.8 Å². The molecule has 0 bridgehead atoms. The van der Waals surface area contributed by atoms with E-state index in [1.54, 1.807) is 0 Å². The molecule has 21 heavy (non-hydrogen) atoms. The van der Waals surface area contributed by atoms with Crippen LogP contribution in [0.2, 0.25) is 0 Å². The molecule has 106 valence electrons. The third-order valence-electron chi connectivity index (χ3n) is 4.79. The average molecular weight is 279 g/mol. The molecule has 1 aliphatic heterocycles. The van der Waals surface area contributed by atoms with Gasteiger partial charge < -0.3 is 10.4 Å². The van der Waals surface area contributed by atoms with Crippen molar-refractivity contribution < 1.29 is 9.90 Å². The minimum absolute atomic E-state index is 0.351. The van der Waals surface area contributed by atoms with Crippen molar-refractivity contribution in [1.82, 2.24) is 0 Å². The molecule has 2 N–H and O–H groups in total. The van der Waals surface area contributed by atoms with Gasteiger partial charge in [-0.25, -0.2) is 0 Å². The summed E-state index contributed by atoms with van der Waals surface area (Å²) in [5.74, 6) is 0.112. The number of hydrogen-bond acceptors (Lipinski definition) is 2. The first kappa shape index (κ1) is 12.6. The molecule has 1 heterocycles. The molecule has 3 heteroatoms. The molecule has 0 spiro atoms. The first-order valence-corrected chi connectivity index (χ1v) is 7.44. The lowest BCUT2D eigenvalue weighted by molar-refractivity contribution is -0.129. The number of para-hydroxylation sites is 1. The van der Waals surface area contributed by atoms with Gasteiger partial charge in [-0.05, 0) is 30.4 Å². The second-order valence-corrected chi connectivity index (χ2v) is 5.93. The molecule has 1 unspecified atom stereocenters. The highest BCUT2D eigenvalue weighted by Crippen LogP contribution is 2.46. The summed E-state index contributed by atoms with van der Waals surface area (Å²) in [6.45, 7) is 0. The van der Waals surface area contributed by atoms with Gasteiger partial charge in [-0.15, -0.1) is 0 Å². The van der Waals surface area contributed by atoms with Gasteiger partial charge in [0.05, 0.1) is 0 Å². The van der Waals surface area contributed by atoms with Gasteiger partial charge in [0.1, 0.15) is 0 Å². The Kier molecular flexibility index (Phi) is 2.66. The van der Waals surface area contributed by atoms with Crippen LogP contribution in [0, 0.1) is 0 Å². The molecule has 2 aromatic rings. The van der Waals surface area contributed by atoms with Crippen LogP contribution in [0.25, 0.3) is 0 Å². The van der Waals surface area contributed by atoms with Crippen LogP contribution in [0.1, 0.15) is 41.9 Å². The summed E-state index contributed by atoms with van der Waals surface area (Å²) in [6, 6.07) is 15.2. The summed E-state index contributed by atoms with van der Waals surface area (Å²) in [5.41, 5.74) is 1.63. The zero-order valence-corrected chi connectivity index (χ0v) is 11.7. The highest BCUT2D eigenvalue weighted by molar-refractivity contribution is 6.07. The molecule has 1 saturated carbocycles. The van der Waals surface area contributed by atoms with Crippen molar-refractivity contribution in [1.29, 1.82) is 0 Å². The number of carbonyl (C=O) groups is 1. The van der Waals surface area contributed by atoms with E-state index in [1.165, 1.54) is 6.42 Å². The minimum Gasteiger partial charge on any atom is -0.372 e. The van der Waals surface area contributed by atoms with E-state index in [9.17, 15) is 9.90 Å². The van der Waals surface area contributed by atoms with E-state index in [0.717, 1.165) is 24.0 Å². The topological polar surface area (TPSA) is 49.3 Å². The summed E-state index contributed by atoms with van der Waals surface area (Å²) >= 11 is 0. The van der Waals surface area contributed by atoms with Crippen molar-refractivity contribution in [2.24, 2.45) is 0 Å². The molecule has 1 aliphatic carbocycles. The number of aliphatic hydroxyl groups is 1. The second kappa shape index (κ2) is 4.43. The first-order chi connectivity index (χ1) is 10.2. The van der Waals surface area contributed by atoms with Crippen molar-refractivity contribution in [2.75, 3.05) is 5.32 Å². The van der Waals surface area contributed by atoms with Gasteiger partial charge >= 0.3 is 0 Å². The highest BCUT2D eigenvalue weighted by Gasteiger charge is 2.48. The number of carbonyl (C=O) groups excluding carboxylic acids is 1. The van der Waals surface area contributed by atoms with Gasteiger partial charge in [0.25, 0.3) is 5.91 Å². The predicted molar refractivity (Wildman–Crippen MR) is 81.1 cm³/mol. The van der Waals surface area contributed by atoms with Crippen molar-refractivity contribution in [3.05, 3.63) is 65.2 Å². The molecule has 1 amide bonds. The lowest BCUT2D eigenvalue weighted by Crippen LogP contribution is -2.37. The molecule has 0 aromatic heterocycles. The van der Waals surface area contributed by atoms with Gasteiger partial charge in [-0.3, -0.25) is 4.79 Å². The average Bonchev–Trinajstić information content (AvgIpc) is 2.71. The van der Waals surface area contributed by atoms with Gasteiger partial charge in [-0.2, -0.15) is 0 Å². The Hall–Kier alpha value is -2.13. The van der Waals surface area contributed by atoms with Crippen LogP contribution < -0.4 is 5.32 Å². The fourth-order valence-corrected chi connectivity index (χ4v) is 3.41. The SMILES string of the molecule is O=C1Nc2ccccc2C1(O)c1ccccc1C1CCC1. The Balaban J connectivity index is 1.91. The van der Waals surface area contributed by atoms with Crippen molar-refractivity contribution in [2.45, 2.75) is 30.8 Å². The first-order valence-electron chi connectivity index (χ1n) is 7.44. The third-order valence-corrected chi connectivity index (χ3v) is 4.79. The maximum Gasteiger partial charge on any atom is 0.265 e. The molecule has 0 saturated heterocycles. The number of benzene rings is 2. The number of rotatable bonds is 2. The Morgan fingerprint density at radius 2 is 1.67 bits per heavy atom. The van der Waals surface area contributed by atoms with E-state index >= 15 is 0 Å². The predicted octanol–water partition coefficient (Wildman–Crippen LogP) is 3.14. The van der Waals surface area contributed by atoms with Crippen molar-refractivity contribution in [3.8, 4) is 0 Å². The Morgan fingerprint density at radius 1 is 1.00 bits per heavy atom. The van der Waals surface area contributed by atoms with Crippen LogP contribution in [0.15, 0.2) is 48.5 Å². The minimum atomic E-state index is -1.57. The number of hydrogen-bond donors (Lipinski definition) is 2. The molecule has 2 aliphatic rings. The van der Waals surface area contributed by atoms with Crippen molar-refractivity contribution >= 4 is 11.6 Å². The van der Waals surface area contributed by atoms with Crippen molar-refractivity contribution in [3.63, 3.8) is 0 Å². The quantitative estimate of drug-likeness (QED) is 0.887. The molecular formula is C18H17NO2. The molecule has 4 rings (SSSR count). The van der Waals surface area contributed by atoms with Crippen LogP contribution in [-0.4, -0.2) is 11.0 Å². The van der Waals surface area contributed by atoms with Gasteiger partial charge in [-0.1, -0.05) is 48.9 Å². The van der Waals surface area contributed by atoms with E-state index in [4.69, 9.17) is 0 Å². The summed E-state index contributed by atoms with van der Waals surface area (Å²) in [7, 11) is 0. The molecule has 3 nitrogen and oxygen atoms in total. The van der Waals surface area contributed by atoms with Crippen LogP contribution in [0.5, 0.6) is 0 Å². The number of nitrogens with one attached hydrogen (secondary N) is 1. The van der Waals surface area contributed by atoms with Gasteiger partial charge in [0.2, 0.25) is 0 Å². The van der Waals surface area contributed by atoms with E-state index in [-0.39, 0.29) is 5.91 Å². The summed E-state index contributed by atoms with van der Waals surface area (Å²) < 4.78 is 0. The molecular weight excluding hydrogens is 262 g/mol. The molecule has 0 radical (unpaired) electrons. The summed E-state index contributed by atoms with van der Waals surface area (Å²) in [4.78, 5) is 12.5. The van der Waals surface area contributed by atoms with E-state index in [0.29, 0.717) is 17.2 Å². The zero-order valence-electron chi connectivity index (χ0n) is 11.7. The maximum atomic E-state index is 12.5. The fourth-order valence-electron chi connectivity index (χ4n) is 3.41. The van der Waals surface area contributed by atoms with E-state index in [1.807, 2.05) is 48.5 Å². The Morgan fingerprint density at radius 3 is 2.38 bits per heavy atom. The number of anilines is 1. The largest absolute Gasteiger partial charge is 0.372 e. The molecule has 1 fully saturated rings. The van der Waals surface area contributed by atoms with Crippen LogP contribution >= 0.6 is 0 Å². The maximum absolute atomic E-state index is 12.5. The Labute approximate surface area is 123 Å². The fraction of sp³-hybridized carbons (Fsp3) is 0.278. The van der Waals surface area contributed by atoms with Gasteiger partial charge in [0.15, 0.2) is 5.60 Å². The second-order valence-electron chi connectivity index (χ2n) is 5.93. The normalized spacial score (nSPS) is 24.3. The van der Waals surface area contributed by atoms with E-state index < -0.39 is 5.60 Å². The third kappa shape index (κ3) is 1.67. The number of amides is 1. The highest BCUT2D eigenvalue weighted by atomic mass is 16.3. The smallest absolute Gasteiger partial charge is 0.265 e. The van der Waals surface area contributed by atoms with Crippen LogP contribution in [0.3, 0.4) is 0 Å². The monoisotopic (exact) mass is 279 g/mol. The van der Waals surface area contributed by atoms with Crippen LogP contribution in [0.4, 0.5) is 5.69 Å². The standard InChI is InChI=1S/C18H17NO2/c20-17-18(21,15-10-3-4-11-16(15)19-17)14-9-2-1-8-13(14)12-6-5-7-12/h1-4,8-12,21H,5-7H2,(H,19,20). The van der Waals surface area contributed by atoms with E-state index in [2.05, 4.69) is 5.32 Å². The summed E-state index contributed by atoms with van der Waals surface area (Å²) in [5, 5.41) is 14.0. The van der Waals surface area contributed by atoms with Crippen LogP contribution in [-0.2, 0) is 10.4 Å². The lowest BCUT2D eigenvalue weighted by atomic mass is 9.74.